The first-order chi connectivity index (χ1) is 7.63. The minimum absolute atomic E-state index is 0.429. The molecule has 92 valence electrons. The highest BCUT2D eigenvalue weighted by Gasteiger charge is 2.12. The van der Waals surface area contributed by atoms with E-state index in [1.54, 1.807) is 11.3 Å². The number of rotatable bonds is 7. The number of thiophene rings is 1. The van der Waals surface area contributed by atoms with E-state index in [4.69, 9.17) is 4.74 Å². The van der Waals surface area contributed by atoms with Crippen LogP contribution in [0.1, 0.15) is 26.3 Å². The molecule has 0 bridgehead atoms. The molecule has 1 aromatic heterocycles. The van der Waals surface area contributed by atoms with E-state index in [2.05, 4.69) is 46.5 Å². The zero-order valence-corrected chi connectivity index (χ0v) is 12.5. The van der Waals surface area contributed by atoms with Crippen LogP contribution in [-0.4, -0.2) is 19.3 Å². The van der Waals surface area contributed by atoms with Gasteiger partial charge in [0.15, 0.2) is 0 Å². The SMILES string of the molecule is CCOCC(NCc1csc(Br)c1)C(C)C. The number of ether oxygens (including phenoxy) is 1. The van der Waals surface area contributed by atoms with E-state index in [-0.39, 0.29) is 0 Å². The van der Waals surface area contributed by atoms with Gasteiger partial charge in [-0.2, -0.15) is 0 Å². The third-order valence-corrected chi connectivity index (χ3v) is 4.05. The van der Waals surface area contributed by atoms with E-state index in [0.29, 0.717) is 12.0 Å². The van der Waals surface area contributed by atoms with E-state index in [0.717, 1.165) is 19.8 Å². The molecule has 0 saturated heterocycles. The molecular formula is C12H20BrNOS. The van der Waals surface area contributed by atoms with Gasteiger partial charge in [0.2, 0.25) is 0 Å². The van der Waals surface area contributed by atoms with Crippen LogP contribution in [-0.2, 0) is 11.3 Å². The van der Waals surface area contributed by atoms with E-state index in [9.17, 15) is 0 Å². The molecule has 0 fully saturated rings. The summed E-state index contributed by atoms with van der Waals surface area (Å²) in [6, 6.07) is 2.59. The average Bonchev–Trinajstić information content (AvgIpc) is 2.64. The predicted octanol–water partition coefficient (Wildman–Crippen LogP) is 3.66. The molecule has 16 heavy (non-hydrogen) atoms. The van der Waals surface area contributed by atoms with Crippen molar-refractivity contribution in [3.8, 4) is 0 Å². The normalized spacial score (nSPS) is 13.3. The van der Waals surface area contributed by atoms with E-state index < -0.39 is 0 Å². The fourth-order valence-electron chi connectivity index (χ4n) is 1.42. The maximum absolute atomic E-state index is 5.48. The summed E-state index contributed by atoms with van der Waals surface area (Å²) in [4.78, 5) is 0. The fourth-order valence-corrected chi connectivity index (χ4v) is 2.63. The van der Waals surface area contributed by atoms with Crippen molar-refractivity contribution in [1.29, 1.82) is 0 Å². The van der Waals surface area contributed by atoms with Crippen molar-refractivity contribution in [2.24, 2.45) is 5.92 Å². The quantitative estimate of drug-likeness (QED) is 0.830. The smallest absolute Gasteiger partial charge is 0.0701 e. The average molecular weight is 306 g/mol. The largest absolute Gasteiger partial charge is 0.380 e. The summed E-state index contributed by atoms with van der Waals surface area (Å²) in [6.45, 7) is 8.97. The van der Waals surface area contributed by atoms with Gasteiger partial charge in [-0.05, 0) is 45.8 Å². The first-order valence-corrected chi connectivity index (χ1v) is 7.34. The van der Waals surface area contributed by atoms with E-state index >= 15 is 0 Å². The molecule has 1 rings (SSSR count). The van der Waals surface area contributed by atoms with Gasteiger partial charge in [0, 0.05) is 19.2 Å². The predicted molar refractivity (Wildman–Crippen MR) is 74.0 cm³/mol. The molecule has 0 aromatic carbocycles. The lowest BCUT2D eigenvalue weighted by atomic mass is 10.1. The Kier molecular flexibility index (Phi) is 6.58. The summed E-state index contributed by atoms with van der Waals surface area (Å²) in [6.07, 6.45) is 0. The monoisotopic (exact) mass is 305 g/mol. The Labute approximate surface area is 111 Å². The first kappa shape index (κ1) is 14.2. The molecular weight excluding hydrogens is 286 g/mol. The highest BCUT2D eigenvalue weighted by atomic mass is 79.9. The van der Waals surface area contributed by atoms with Crippen molar-refractivity contribution in [2.75, 3.05) is 13.2 Å². The molecule has 0 radical (unpaired) electrons. The summed E-state index contributed by atoms with van der Waals surface area (Å²) in [5.74, 6) is 0.591. The third-order valence-electron chi connectivity index (χ3n) is 2.50. The standard InChI is InChI=1S/C12H20BrNOS/c1-4-15-7-11(9(2)3)14-6-10-5-12(13)16-8-10/h5,8-9,11,14H,4,6-7H2,1-3H3. The number of nitrogens with one attached hydrogen (secondary N) is 1. The van der Waals surface area contributed by atoms with Gasteiger partial charge in [0.1, 0.15) is 0 Å². The lowest BCUT2D eigenvalue weighted by molar-refractivity contribution is 0.108. The fraction of sp³-hybridized carbons (Fsp3) is 0.667. The maximum atomic E-state index is 5.48. The van der Waals surface area contributed by atoms with Crippen LogP contribution >= 0.6 is 27.3 Å². The summed E-state index contributed by atoms with van der Waals surface area (Å²) in [7, 11) is 0. The zero-order valence-electron chi connectivity index (χ0n) is 10.1. The topological polar surface area (TPSA) is 21.3 Å². The second-order valence-electron chi connectivity index (χ2n) is 4.15. The number of hydrogen-bond donors (Lipinski definition) is 1. The van der Waals surface area contributed by atoms with Gasteiger partial charge in [-0.25, -0.2) is 0 Å². The Hall–Kier alpha value is 0.100. The Morgan fingerprint density at radius 1 is 1.50 bits per heavy atom. The summed E-state index contributed by atoms with van der Waals surface area (Å²) >= 11 is 5.20. The van der Waals surface area contributed by atoms with Crippen LogP contribution in [0.25, 0.3) is 0 Å². The Morgan fingerprint density at radius 2 is 2.25 bits per heavy atom. The molecule has 2 nitrogen and oxygen atoms in total. The van der Waals surface area contributed by atoms with Crippen LogP contribution in [0.4, 0.5) is 0 Å². The molecule has 4 heteroatoms. The third kappa shape index (κ3) is 4.95. The van der Waals surface area contributed by atoms with Gasteiger partial charge in [-0.1, -0.05) is 13.8 Å². The van der Waals surface area contributed by atoms with Gasteiger partial charge < -0.3 is 10.1 Å². The second kappa shape index (κ2) is 7.43. The minimum atomic E-state index is 0.429. The van der Waals surface area contributed by atoms with Crippen LogP contribution in [0.15, 0.2) is 15.2 Å². The van der Waals surface area contributed by atoms with Gasteiger partial charge >= 0.3 is 0 Å². The van der Waals surface area contributed by atoms with Crippen LogP contribution in [0.2, 0.25) is 0 Å². The molecule has 1 N–H and O–H groups in total. The second-order valence-corrected chi connectivity index (χ2v) is 6.44. The van der Waals surface area contributed by atoms with Crippen molar-refractivity contribution in [1.82, 2.24) is 5.32 Å². The minimum Gasteiger partial charge on any atom is -0.380 e. The van der Waals surface area contributed by atoms with Crippen LogP contribution in [0.3, 0.4) is 0 Å². The van der Waals surface area contributed by atoms with Crippen molar-refractivity contribution < 1.29 is 4.74 Å². The summed E-state index contributed by atoms with van der Waals surface area (Å²) < 4.78 is 6.67. The summed E-state index contributed by atoms with van der Waals surface area (Å²) in [5, 5.41) is 5.72. The molecule has 1 atom stereocenters. The molecule has 0 spiro atoms. The lowest BCUT2D eigenvalue weighted by Gasteiger charge is -2.21. The zero-order chi connectivity index (χ0) is 12.0. The molecule has 0 aliphatic rings. The van der Waals surface area contributed by atoms with Crippen LogP contribution < -0.4 is 5.32 Å². The highest BCUT2D eigenvalue weighted by Crippen LogP contribution is 2.20. The van der Waals surface area contributed by atoms with E-state index in [1.807, 2.05) is 6.92 Å². The maximum Gasteiger partial charge on any atom is 0.0701 e. The molecule has 0 aliphatic carbocycles. The van der Waals surface area contributed by atoms with Gasteiger partial charge in [0.25, 0.3) is 0 Å². The van der Waals surface area contributed by atoms with Gasteiger partial charge in [-0.15, -0.1) is 11.3 Å². The number of halogens is 1. The van der Waals surface area contributed by atoms with Gasteiger partial charge in [0.05, 0.1) is 10.4 Å². The van der Waals surface area contributed by atoms with E-state index in [1.165, 1.54) is 9.35 Å². The Bertz CT molecular complexity index is 301. The van der Waals surface area contributed by atoms with Crippen molar-refractivity contribution in [3.63, 3.8) is 0 Å². The molecule has 0 aliphatic heterocycles. The van der Waals surface area contributed by atoms with Crippen molar-refractivity contribution >= 4 is 27.3 Å². The lowest BCUT2D eigenvalue weighted by Crippen LogP contribution is -2.37. The Morgan fingerprint density at radius 3 is 2.75 bits per heavy atom. The van der Waals surface area contributed by atoms with Crippen LogP contribution in [0, 0.1) is 5.92 Å². The highest BCUT2D eigenvalue weighted by molar-refractivity contribution is 9.11. The summed E-state index contributed by atoms with van der Waals surface area (Å²) in [5.41, 5.74) is 1.33. The molecule has 0 saturated carbocycles. The number of hydrogen-bond acceptors (Lipinski definition) is 3. The Balaban J connectivity index is 2.37. The van der Waals surface area contributed by atoms with Gasteiger partial charge in [-0.3, -0.25) is 0 Å². The molecule has 1 heterocycles. The van der Waals surface area contributed by atoms with Crippen molar-refractivity contribution in [2.45, 2.75) is 33.4 Å². The van der Waals surface area contributed by atoms with Crippen LogP contribution in [0.5, 0.6) is 0 Å². The van der Waals surface area contributed by atoms with Crippen molar-refractivity contribution in [3.05, 3.63) is 20.8 Å². The molecule has 0 amide bonds. The molecule has 1 aromatic rings. The molecule has 1 unspecified atom stereocenters. The first-order valence-electron chi connectivity index (χ1n) is 5.67.